The van der Waals surface area contributed by atoms with E-state index in [9.17, 15) is 4.79 Å². The number of rotatable bonds is 7. The van der Waals surface area contributed by atoms with Crippen LogP contribution >= 0.6 is 11.6 Å². The topological polar surface area (TPSA) is 66.3 Å². The number of halogens is 1. The van der Waals surface area contributed by atoms with Crippen molar-refractivity contribution in [2.75, 3.05) is 39.3 Å². The molecule has 2 aromatic heterocycles. The lowest BCUT2D eigenvalue weighted by Crippen LogP contribution is -2.61. The molecule has 2 aliphatic rings. The van der Waals surface area contributed by atoms with Crippen LogP contribution in [0.1, 0.15) is 55.8 Å². The molecule has 3 heterocycles. The largest absolute Gasteiger partial charge is 0.350 e. The van der Waals surface area contributed by atoms with E-state index in [1.807, 2.05) is 29.0 Å². The summed E-state index contributed by atoms with van der Waals surface area (Å²) in [6, 6.07) is 7.45. The SMILES string of the molecule is CCCN1CCN(C2(CNC(=O)c3cn(-c4ncccn4)c4cccc(Cl)c34)CCCCC2)CC1. The predicted molar refractivity (Wildman–Crippen MR) is 140 cm³/mol. The fourth-order valence-corrected chi connectivity index (χ4v) is 6.18. The first-order valence-electron chi connectivity index (χ1n) is 12.9. The van der Waals surface area contributed by atoms with Crippen LogP contribution in [0, 0.1) is 0 Å². The zero-order valence-electron chi connectivity index (χ0n) is 20.5. The van der Waals surface area contributed by atoms with E-state index >= 15 is 0 Å². The minimum absolute atomic E-state index is 0.0386. The molecule has 35 heavy (non-hydrogen) atoms. The van der Waals surface area contributed by atoms with Crippen LogP contribution in [0.2, 0.25) is 5.02 Å². The van der Waals surface area contributed by atoms with E-state index in [4.69, 9.17) is 11.6 Å². The summed E-state index contributed by atoms with van der Waals surface area (Å²) in [6.07, 6.45) is 12.4. The summed E-state index contributed by atoms with van der Waals surface area (Å²) >= 11 is 6.60. The number of nitrogens with one attached hydrogen (secondary N) is 1. The Morgan fingerprint density at radius 3 is 2.51 bits per heavy atom. The van der Waals surface area contributed by atoms with Crippen molar-refractivity contribution < 1.29 is 4.79 Å². The number of carbonyl (C=O) groups excluding carboxylic acids is 1. The van der Waals surface area contributed by atoms with Gasteiger partial charge in [-0.15, -0.1) is 0 Å². The van der Waals surface area contributed by atoms with Crippen LogP contribution in [0.4, 0.5) is 0 Å². The second-order valence-electron chi connectivity index (χ2n) is 9.89. The molecule has 0 atom stereocenters. The molecular formula is C27H35ClN6O. The molecule has 0 unspecified atom stereocenters. The van der Waals surface area contributed by atoms with Gasteiger partial charge >= 0.3 is 0 Å². The minimum Gasteiger partial charge on any atom is -0.350 e. The van der Waals surface area contributed by atoms with Crippen LogP contribution in [-0.2, 0) is 0 Å². The highest BCUT2D eigenvalue weighted by atomic mass is 35.5. The summed E-state index contributed by atoms with van der Waals surface area (Å²) in [5, 5.41) is 4.62. The maximum absolute atomic E-state index is 13.6. The molecule has 0 radical (unpaired) electrons. The second kappa shape index (κ2) is 10.6. The maximum atomic E-state index is 13.6. The highest BCUT2D eigenvalue weighted by molar-refractivity contribution is 6.37. The number of nitrogens with zero attached hydrogens (tertiary/aromatic N) is 5. The lowest BCUT2D eigenvalue weighted by molar-refractivity contribution is 0.00808. The minimum atomic E-state index is -0.0904. The average molecular weight is 495 g/mol. The van der Waals surface area contributed by atoms with Gasteiger partial charge in [-0.25, -0.2) is 9.97 Å². The first-order chi connectivity index (χ1) is 17.1. The lowest BCUT2D eigenvalue weighted by atomic mass is 9.79. The monoisotopic (exact) mass is 494 g/mol. The number of hydrogen-bond acceptors (Lipinski definition) is 5. The van der Waals surface area contributed by atoms with E-state index in [2.05, 4.69) is 32.0 Å². The molecule has 1 aliphatic carbocycles. The second-order valence-corrected chi connectivity index (χ2v) is 10.3. The quantitative estimate of drug-likeness (QED) is 0.522. The molecule has 1 aliphatic heterocycles. The molecule has 2 fully saturated rings. The van der Waals surface area contributed by atoms with Gasteiger partial charge in [-0.3, -0.25) is 14.3 Å². The fourth-order valence-electron chi connectivity index (χ4n) is 5.91. The van der Waals surface area contributed by atoms with Crippen molar-refractivity contribution in [1.29, 1.82) is 0 Å². The maximum Gasteiger partial charge on any atom is 0.253 e. The summed E-state index contributed by atoms with van der Waals surface area (Å²) in [4.78, 5) is 27.6. The molecule has 7 nitrogen and oxygen atoms in total. The standard InChI is InChI=1S/C27H35ClN6O/c1-2-14-32-15-17-33(18-16-32)27(10-4-3-5-11-27)20-31-25(35)21-19-34(26-29-12-7-13-30-26)23-9-6-8-22(28)24(21)23/h6-9,12-13,19H,2-5,10-11,14-18,20H2,1H3,(H,31,35). The normalized spacial score (nSPS) is 19.1. The Labute approximate surface area is 212 Å². The highest BCUT2D eigenvalue weighted by Crippen LogP contribution is 2.35. The van der Waals surface area contributed by atoms with Crippen molar-refractivity contribution in [3.8, 4) is 5.95 Å². The molecule has 186 valence electrons. The number of hydrogen-bond donors (Lipinski definition) is 1. The molecule has 1 amide bonds. The van der Waals surface area contributed by atoms with Gasteiger partial charge in [-0.05, 0) is 44.0 Å². The van der Waals surface area contributed by atoms with Gasteiger partial charge in [0.15, 0.2) is 0 Å². The summed E-state index contributed by atoms with van der Waals surface area (Å²) in [6.45, 7) is 8.47. The molecule has 3 aromatic rings. The van der Waals surface area contributed by atoms with E-state index in [0.29, 0.717) is 23.1 Å². The zero-order chi connectivity index (χ0) is 24.3. The molecule has 1 saturated heterocycles. The average Bonchev–Trinajstić information content (AvgIpc) is 3.30. The first kappa shape index (κ1) is 24.2. The van der Waals surface area contributed by atoms with E-state index in [0.717, 1.165) is 49.9 Å². The van der Waals surface area contributed by atoms with Crippen molar-refractivity contribution in [1.82, 2.24) is 29.7 Å². The van der Waals surface area contributed by atoms with Crippen LogP contribution < -0.4 is 5.32 Å². The van der Waals surface area contributed by atoms with Crippen LogP contribution in [0.15, 0.2) is 42.9 Å². The van der Waals surface area contributed by atoms with Crippen LogP contribution in [0.25, 0.3) is 16.9 Å². The third-order valence-corrected chi connectivity index (χ3v) is 8.05. The van der Waals surface area contributed by atoms with Gasteiger partial charge in [0, 0.05) is 62.2 Å². The Morgan fingerprint density at radius 2 is 1.80 bits per heavy atom. The summed E-state index contributed by atoms with van der Waals surface area (Å²) < 4.78 is 1.85. The summed E-state index contributed by atoms with van der Waals surface area (Å²) in [5.74, 6) is 0.430. The lowest BCUT2D eigenvalue weighted by Gasteiger charge is -2.50. The Morgan fingerprint density at radius 1 is 1.06 bits per heavy atom. The number of piperazine rings is 1. The van der Waals surface area contributed by atoms with Gasteiger partial charge in [0.2, 0.25) is 5.95 Å². The van der Waals surface area contributed by atoms with Crippen LogP contribution in [0.5, 0.6) is 0 Å². The third kappa shape index (κ3) is 4.95. The van der Waals surface area contributed by atoms with Gasteiger partial charge in [0.05, 0.1) is 16.1 Å². The van der Waals surface area contributed by atoms with E-state index in [1.54, 1.807) is 18.5 Å². The fraction of sp³-hybridized carbons (Fsp3) is 0.519. The van der Waals surface area contributed by atoms with E-state index in [1.165, 1.54) is 32.2 Å². The molecule has 8 heteroatoms. The Balaban J connectivity index is 1.38. The Hall–Kier alpha value is -2.48. The van der Waals surface area contributed by atoms with Crippen LogP contribution in [-0.4, -0.2) is 75.0 Å². The van der Waals surface area contributed by atoms with Crippen molar-refractivity contribution in [2.45, 2.75) is 51.0 Å². The van der Waals surface area contributed by atoms with Gasteiger partial charge in [0.25, 0.3) is 5.91 Å². The van der Waals surface area contributed by atoms with Gasteiger partial charge in [-0.1, -0.05) is 43.9 Å². The van der Waals surface area contributed by atoms with E-state index < -0.39 is 0 Å². The smallest absolute Gasteiger partial charge is 0.253 e. The molecular weight excluding hydrogens is 460 g/mol. The summed E-state index contributed by atoms with van der Waals surface area (Å²) in [7, 11) is 0. The van der Waals surface area contributed by atoms with Crippen LogP contribution in [0.3, 0.4) is 0 Å². The molecule has 1 saturated carbocycles. The van der Waals surface area contributed by atoms with Crippen molar-refractivity contribution in [2.24, 2.45) is 0 Å². The molecule has 0 bridgehead atoms. The third-order valence-electron chi connectivity index (χ3n) is 7.74. The Bertz CT molecular complexity index is 1150. The van der Waals surface area contributed by atoms with Gasteiger partial charge in [-0.2, -0.15) is 0 Å². The van der Waals surface area contributed by atoms with Gasteiger partial charge < -0.3 is 10.2 Å². The van der Waals surface area contributed by atoms with Crippen molar-refractivity contribution >= 4 is 28.4 Å². The number of carbonyl (C=O) groups is 1. The number of fused-ring (bicyclic) bond motifs is 1. The van der Waals surface area contributed by atoms with Crippen molar-refractivity contribution in [3.63, 3.8) is 0 Å². The molecule has 5 rings (SSSR count). The first-order valence-corrected chi connectivity index (χ1v) is 13.3. The number of aromatic nitrogens is 3. The van der Waals surface area contributed by atoms with Gasteiger partial charge in [0.1, 0.15) is 0 Å². The zero-order valence-corrected chi connectivity index (χ0v) is 21.3. The van der Waals surface area contributed by atoms with Crippen molar-refractivity contribution in [3.05, 3.63) is 53.4 Å². The number of amides is 1. The molecule has 1 N–H and O–H groups in total. The van der Waals surface area contributed by atoms with E-state index in [-0.39, 0.29) is 11.4 Å². The number of benzene rings is 1. The highest BCUT2D eigenvalue weighted by Gasteiger charge is 2.39. The Kier molecular flexibility index (Phi) is 7.37. The molecule has 0 spiro atoms. The summed E-state index contributed by atoms with van der Waals surface area (Å²) in [5.41, 5.74) is 1.43. The predicted octanol–water partition coefficient (Wildman–Crippen LogP) is 4.53. The molecule has 1 aromatic carbocycles.